The molecule has 2 heterocycles. The molecule has 13 heteroatoms. The molecule has 0 radical (unpaired) electrons. The van der Waals surface area contributed by atoms with E-state index in [1.165, 1.54) is 0 Å². The van der Waals surface area contributed by atoms with Crippen molar-refractivity contribution in [3.8, 4) is 46.0 Å². The molecule has 0 aromatic heterocycles. The number of benzene rings is 4. The van der Waals surface area contributed by atoms with Gasteiger partial charge in [-0.05, 0) is 54.1 Å². The average molecular weight is 686 g/mol. The fourth-order valence-electron chi connectivity index (χ4n) is 5.90. The van der Waals surface area contributed by atoms with Gasteiger partial charge in [-0.15, -0.1) is 0 Å². The van der Waals surface area contributed by atoms with Crippen LogP contribution in [0.25, 0.3) is 0 Å². The Bertz CT molecular complexity index is 1870. The van der Waals surface area contributed by atoms with Gasteiger partial charge in [0.15, 0.2) is 40.6 Å². The maximum Gasteiger partial charge on any atom is 0.255 e. The molecule has 0 aliphatic carbocycles. The Morgan fingerprint density at radius 2 is 1.42 bits per heavy atom. The lowest BCUT2D eigenvalue weighted by atomic mass is 9.98. The second-order valence-electron chi connectivity index (χ2n) is 11.2. The summed E-state index contributed by atoms with van der Waals surface area (Å²) >= 11 is 0. The van der Waals surface area contributed by atoms with E-state index >= 15 is 0 Å². The summed E-state index contributed by atoms with van der Waals surface area (Å²) in [6, 6.07) is 20.1. The first-order chi connectivity index (χ1) is 24.4. The molecule has 2 aliphatic rings. The maximum absolute atomic E-state index is 12.8. The minimum absolute atomic E-state index is 0.204. The van der Waals surface area contributed by atoms with Crippen LogP contribution in [0.4, 0.5) is 5.69 Å². The Labute approximate surface area is 289 Å². The van der Waals surface area contributed by atoms with Crippen LogP contribution in [-0.4, -0.2) is 67.5 Å². The molecule has 4 aromatic rings. The van der Waals surface area contributed by atoms with E-state index in [0.29, 0.717) is 63.7 Å². The first-order valence-corrected chi connectivity index (χ1v) is 15.8. The summed E-state index contributed by atoms with van der Waals surface area (Å²) in [4.78, 5) is 18.7. The van der Waals surface area contributed by atoms with Crippen molar-refractivity contribution >= 4 is 17.3 Å². The van der Waals surface area contributed by atoms with Crippen LogP contribution < -0.4 is 48.5 Å². The molecule has 4 aromatic carbocycles. The molecule has 2 N–H and O–H groups in total. The molecule has 0 saturated carbocycles. The lowest BCUT2D eigenvalue weighted by Gasteiger charge is -2.28. The van der Waals surface area contributed by atoms with E-state index in [0.717, 1.165) is 22.4 Å². The van der Waals surface area contributed by atoms with Crippen LogP contribution in [0.1, 0.15) is 45.7 Å². The van der Waals surface area contributed by atoms with Crippen molar-refractivity contribution in [2.75, 3.05) is 61.2 Å². The molecule has 0 bridgehead atoms. The van der Waals surface area contributed by atoms with E-state index in [1.807, 2.05) is 48.5 Å². The summed E-state index contributed by atoms with van der Waals surface area (Å²) in [6.45, 7) is 0.453. The van der Waals surface area contributed by atoms with Crippen molar-refractivity contribution in [3.63, 3.8) is 0 Å². The molecular weight excluding hydrogens is 646 g/mol. The van der Waals surface area contributed by atoms with Gasteiger partial charge in [0.05, 0.1) is 53.9 Å². The number of carbonyl (C=O) groups excluding carboxylic acids is 1. The molecule has 262 valence electrons. The first kappa shape index (κ1) is 33.9. The van der Waals surface area contributed by atoms with Crippen LogP contribution in [0, 0.1) is 0 Å². The summed E-state index contributed by atoms with van der Waals surface area (Å²) < 4.78 is 45.2. The van der Waals surface area contributed by atoms with Crippen LogP contribution in [0.15, 0.2) is 71.9 Å². The molecule has 0 spiro atoms. The number of carbonyl (C=O) groups is 1. The molecule has 2 aliphatic heterocycles. The molecule has 6 rings (SSSR count). The van der Waals surface area contributed by atoms with E-state index in [2.05, 4.69) is 15.8 Å². The van der Waals surface area contributed by atoms with Crippen molar-refractivity contribution in [1.29, 1.82) is 0 Å². The number of nitrogens with zero attached hydrogens (tertiary/aromatic N) is 1. The smallest absolute Gasteiger partial charge is 0.255 e. The van der Waals surface area contributed by atoms with Gasteiger partial charge in [-0.2, -0.15) is 0 Å². The number of oxime groups is 1. The van der Waals surface area contributed by atoms with E-state index in [-0.39, 0.29) is 19.1 Å². The first-order valence-electron chi connectivity index (χ1n) is 15.8. The summed E-state index contributed by atoms with van der Waals surface area (Å²) in [5, 5.41) is 10.7. The Hall–Kier alpha value is -5.98. The number of amides is 1. The predicted octanol–water partition coefficient (Wildman–Crippen LogP) is 5.92. The molecule has 1 amide bonds. The summed E-state index contributed by atoms with van der Waals surface area (Å²) in [7, 11) is 9.41. The van der Waals surface area contributed by atoms with Crippen molar-refractivity contribution in [1.82, 2.24) is 5.32 Å². The highest BCUT2D eigenvalue weighted by Crippen LogP contribution is 2.43. The number of fused-ring (bicyclic) bond motifs is 1. The third-order valence-corrected chi connectivity index (χ3v) is 8.39. The molecular formula is C37H39N3O10. The Balaban J connectivity index is 1.08. The van der Waals surface area contributed by atoms with E-state index in [1.54, 1.807) is 60.9 Å². The zero-order valence-electron chi connectivity index (χ0n) is 28.7. The minimum atomic E-state index is -0.457. The minimum Gasteiger partial charge on any atom is -0.497 e. The fourth-order valence-corrected chi connectivity index (χ4v) is 5.90. The zero-order valence-corrected chi connectivity index (χ0v) is 28.7. The monoisotopic (exact) mass is 685 g/mol. The van der Waals surface area contributed by atoms with Crippen molar-refractivity contribution in [2.24, 2.45) is 5.16 Å². The standard InChI is InChI=1S/C37H39N3O10/c1-42-23-11-12-26-25(19-23)37(41)39-36(38-26)21-10-13-28(31(16-21)43-2)48-14-15-49-29-9-7-8-24(34(29)46-5)30-20-27(40-50-30)22-17-32(44-3)35(47-6)33(18-22)45-4/h7-13,16-19,30,36,38H,14-15,20H2,1-6H3,(H,39,41). The molecule has 0 fully saturated rings. The van der Waals surface area contributed by atoms with E-state index < -0.39 is 12.3 Å². The molecule has 2 unspecified atom stereocenters. The quantitative estimate of drug-likeness (QED) is 0.153. The Morgan fingerprint density at radius 1 is 0.700 bits per heavy atom. The van der Waals surface area contributed by atoms with Gasteiger partial charge in [-0.1, -0.05) is 23.4 Å². The van der Waals surface area contributed by atoms with Crippen molar-refractivity contribution < 1.29 is 47.5 Å². The van der Waals surface area contributed by atoms with Gasteiger partial charge in [-0.25, -0.2) is 0 Å². The van der Waals surface area contributed by atoms with Gasteiger partial charge in [0.2, 0.25) is 5.75 Å². The van der Waals surface area contributed by atoms with Crippen LogP contribution in [0.3, 0.4) is 0 Å². The van der Waals surface area contributed by atoms with Gasteiger partial charge in [0.25, 0.3) is 5.91 Å². The summed E-state index contributed by atoms with van der Waals surface area (Å²) in [6.07, 6.45) is -0.374. The Morgan fingerprint density at radius 3 is 2.10 bits per heavy atom. The second kappa shape index (κ2) is 15.1. The van der Waals surface area contributed by atoms with Gasteiger partial charge in [0, 0.05) is 23.2 Å². The van der Waals surface area contributed by atoms with Crippen LogP contribution in [-0.2, 0) is 4.84 Å². The topological polar surface area (TPSA) is 137 Å². The molecule has 0 saturated heterocycles. The van der Waals surface area contributed by atoms with Crippen molar-refractivity contribution in [2.45, 2.75) is 18.7 Å². The van der Waals surface area contributed by atoms with Crippen LogP contribution in [0.2, 0.25) is 0 Å². The third kappa shape index (κ3) is 6.79. The predicted molar refractivity (Wildman–Crippen MR) is 185 cm³/mol. The second-order valence-corrected chi connectivity index (χ2v) is 11.2. The zero-order chi connectivity index (χ0) is 35.2. The average Bonchev–Trinajstić information content (AvgIpc) is 3.66. The van der Waals surface area contributed by atoms with E-state index in [9.17, 15) is 4.79 Å². The van der Waals surface area contributed by atoms with Crippen LogP contribution >= 0.6 is 0 Å². The number of nitrogens with one attached hydrogen (secondary N) is 2. The summed E-state index contributed by atoms with van der Waals surface area (Å²) in [5.41, 5.74) is 4.33. The SMILES string of the molecule is COc1ccc2c(c1)C(=O)NC(c1ccc(OCCOc3cccc(C4CC(c5cc(OC)c(OC)c(OC)c5)=NO4)c3OC)c(OC)c1)N2. The largest absolute Gasteiger partial charge is 0.497 e. The normalized spacial score (nSPS) is 16.1. The molecule has 13 nitrogen and oxygen atoms in total. The number of hydrogen-bond donors (Lipinski definition) is 2. The van der Waals surface area contributed by atoms with E-state index in [4.69, 9.17) is 42.7 Å². The van der Waals surface area contributed by atoms with Gasteiger partial charge >= 0.3 is 0 Å². The number of para-hydroxylation sites is 1. The van der Waals surface area contributed by atoms with Gasteiger partial charge < -0.3 is 53.4 Å². The fraction of sp³-hybridized carbons (Fsp3) is 0.297. The number of anilines is 1. The summed E-state index contributed by atoms with van der Waals surface area (Å²) in [5.74, 6) is 4.09. The van der Waals surface area contributed by atoms with Gasteiger partial charge in [0.1, 0.15) is 25.1 Å². The molecule has 2 atom stereocenters. The number of methoxy groups -OCH3 is 6. The number of rotatable bonds is 14. The molecule has 50 heavy (non-hydrogen) atoms. The highest BCUT2D eigenvalue weighted by atomic mass is 16.6. The maximum atomic E-state index is 12.8. The third-order valence-electron chi connectivity index (χ3n) is 8.39. The number of hydrogen-bond acceptors (Lipinski definition) is 12. The van der Waals surface area contributed by atoms with Crippen LogP contribution in [0.5, 0.6) is 46.0 Å². The lowest BCUT2D eigenvalue weighted by Crippen LogP contribution is -2.38. The highest BCUT2D eigenvalue weighted by Gasteiger charge is 2.30. The number of ether oxygens (including phenoxy) is 8. The highest BCUT2D eigenvalue weighted by molar-refractivity contribution is 6.03. The van der Waals surface area contributed by atoms with Crippen molar-refractivity contribution in [3.05, 3.63) is 89.0 Å². The lowest BCUT2D eigenvalue weighted by molar-refractivity contribution is 0.0831. The van der Waals surface area contributed by atoms with Gasteiger partial charge in [-0.3, -0.25) is 4.79 Å². The Kier molecular flexibility index (Phi) is 10.2.